The van der Waals surface area contributed by atoms with Gasteiger partial charge in [-0.15, -0.1) is 0 Å². The third-order valence-corrected chi connectivity index (χ3v) is 2.24. The Balaban J connectivity index is 3.60. The highest BCUT2D eigenvalue weighted by molar-refractivity contribution is 5.78. The van der Waals surface area contributed by atoms with Crippen LogP contribution < -0.4 is 10.6 Å². The first kappa shape index (κ1) is 13.4. The Kier molecular flexibility index (Phi) is 7.42. The second kappa shape index (κ2) is 7.76. The van der Waals surface area contributed by atoms with Crippen LogP contribution in [0.2, 0.25) is 0 Å². The smallest absolute Gasteiger partial charge is 0.234 e. The van der Waals surface area contributed by atoms with Crippen LogP contribution in [0.4, 0.5) is 0 Å². The summed E-state index contributed by atoms with van der Waals surface area (Å²) >= 11 is 0. The third-order valence-electron chi connectivity index (χ3n) is 2.24. The van der Waals surface area contributed by atoms with Crippen molar-refractivity contribution in [3.05, 3.63) is 0 Å². The summed E-state index contributed by atoms with van der Waals surface area (Å²) in [7, 11) is 0. The fraction of sp³-hybridized carbons (Fsp3) is 0.900. The number of carbonyl (C=O) groups is 1. The Morgan fingerprint density at radius 2 is 2.07 bits per heavy atom. The second-order valence-electron chi connectivity index (χ2n) is 3.69. The van der Waals surface area contributed by atoms with Crippen molar-refractivity contribution < 1.29 is 9.90 Å². The lowest BCUT2D eigenvalue weighted by molar-refractivity contribution is -0.121. The van der Waals surface area contributed by atoms with E-state index in [1.807, 2.05) is 13.8 Å². The zero-order valence-electron chi connectivity index (χ0n) is 9.34. The van der Waals surface area contributed by atoms with E-state index in [9.17, 15) is 4.79 Å². The molecule has 0 spiro atoms. The van der Waals surface area contributed by atoms with E-state index in [-0.39, 0.29) is 24.5 Å². The molecule has 2 atom stereocenters. The van der Waals surface area contributed by atoms with Gasteiger partial charge in [-0.25, -0.2) is 0 Å². The average molecular weight is 202 g/mol. The van der Waals surface area contributed by atoms with Gasteiger partial charge in [-0.05, 0) is 25.8 Å². The molecule has 0 aromatic rings. The molecule has 3 N–H and O–H groups in total. The Bertz CT molecular complexity index is 162. The molecule has 0 rings (SSSR count). The summed E-state index contributed by atoms with van der Waals surface area (Å²) in [4.78, 5) is 11.3. The monoisotopic (exact) mass is 202 g/mol. The molecular formula is C10H22N2O2. The minimum absolute atomic E-state index is 0.00810. The highest BCUT2D eigenvalue weighted by Gasteiger charge is 2.12. The van der Waals surface area contributed by atoms with E-state index < -0.39 is 0 Å². The Morgan fingerprint density at radius 1 is 1.43 bits per heavy atom. The van der Waals surface area contributed by atoms with E-state index in [0.717, 1.165) is 13.0 Å². The maximum atomic E-state index is 11.3. The predicted octanol–water partition coefficient (Wildman–Crippen LogP) is 0.119. The number of hydrogen-bond acceptors (Lipinski definition) is 3. The standard InChI is InChI=1S/C10H22N2O2/c1-4-5-11-6-10(14)12-9(3)8(2)7-13/h8-9,11,13H,4-7H2,1-3H3,(H,12,14). The molecule has 84 valence electrons. The van der Waals surface area contributed by atoms with Crippen LogP contribution in [0.1, 0.15) is 27.2 Å². The quantitative estimate of drug-likeness (QED) is 0.514. The molecule has 1 amide bonds. The van der Waals surface area contributed by atoms with E-state index in [4.69, 9.17) is 5.11 Å². The Hall–Kier alpha value is -0.610. The van der Waals surface area contributed by atoms with Crippen molar-refractivity contribution in [3.63, 3.8) is 0 Å². The number of aliphatic hydroxyl groups is 1. The van der Waals surface area contributed by atoms with Crippen molar-refractivity contribution in [2.45, 2.75) is 33.2 Å². The first-order valence-electron chi connectivity index (χ1n) is 5.22. The van der Waals surface area contributed by atoms with Crippen LogP contribution in [-0.4, -0.2) is 36.8 Å². The summed E-state index contributed by atoms with van der Waals surface area (Å²) in [6.45, 7) is 7.18. The number of carbonyl (C=O) groups excluding carboxylic acids is 1. The maximum absolute atomic E-state index is 11.3. The Labute approximate surface area is 86.1 Å². The van der Waals surface area contributed by atoms with Gasteiger partial charge >= 0.3 is 0 Å². The van der Waals surface area contributed by atoms with Crippen molar-refractivity contribution in [2.75, 3.05) is 19.7 Å². The lowest BCUT2D eigenvalue weighted by Gasteiger charge is -2.19. The number of nitrogens with one attached hydrogen (secondary N) is 2. The van der Waals surface area contributed by atoms with Crippen LogP contribution in [0.5, 0.6) is 0 Å². The molecule has 0 bridgehead atoms. The van der Waals surface area contributed by atoms with Crippen molar-refractivity contribution in [2.24, 2.45) is 5.92 Å². The van der Waals surface area contributed by atoms with E-state index >= 15 is 0 Å². The highest BCUT2D eigenvalue weighted by Crippen LogP contribution is 1.99. The van der Waals surface area contributed by atoms with E-state index in [0.29, 0.717) is 6.54 Å². The van der Waals surface area contributed by atoms with Crippen LogP contribution >= 0.6 is 0 Å². The number of aliphatic hydroxyl groups excluding tert-OH is 1. The molecule has 14 heavy (non-hydrogen) atoms. The van der Waals surface area contributed by atoms with Crippen molar-refractivity contribution in [1.82, 2.24) is 10.6 Å². The molecule has 4 nitrogen and oxygen atoms in total. The molecule has 4 heteroatoms. The third kappa shape index (κ3) is 5.94. The molecule has 0 aliphatic rings. The van der Waals surface area contributed by atoms with Gasteiger partial charge in [-0.1, -0.05) is 13.8 Å². The van der Waals surface area contributed by atoms with Gasteiger partial charge < -0.3 is 15.7 Å². The molecule has 0 aromatic heterocycles. The van der Waals surface area contributed by atoms with Gasteiger partial charge in [0.15, 0.2) is 0 Å². The van der Waals surface area contributed by atoms with E-state index in [1.54, 1.807) is 0 Å². The van der Waals surface area contributed by atoms with Crippen LogP contribution in [0.3, 0.4) is 0 Å². The molecule has 0 aliphatic heterocycles. The second-order valence-corrected chi connectivity index (χ2v) is 3.69. The maximum Gasteiger partial charge on any atom is 0.234 e. The molecule has 0 saturated heterocycles. The van der Waals surface area contributed by atoms with Gasteiger partial charge in [0, 0.05) is 12.6 Å². The van der Waals surface area contributed by atoms with Gasteiger partial charge in [0.05, 0.1) is 6.54 Å². The zero-order valence-corrected chi connectivity index (χ0v) is 9.34. The summed E-state index contributed by atoms with van der Waals surface area (Å²) in [5, 5.41) is 14.7. The first-order valence-corrected chi connectivity index (χ1v) is 5.22. The van der Waals surface area contributed by atoms with Gasteiger partial charge in [-0.3, -0.25) is 4.79 Å². The molecule has 0 radical (unpaired) electrons. The molecular weight excluding hydrogens is 180 g/mol. The minimum atomic E-state index is -0.00810. The summed E-state index contributed by atoms with van der Waals surface area (Å²) < 4.78 is 0. The van der Waals surface area contributed by atoms with Crippen LogP contribution in [0.15, 0.2) is 0 Å². The molecule has 0 saturated carbocycles. The van der Waals surface area contributed by atoms with Gasteiger partial charge in [0.1, 0.15) is 0 Å². The largest absolute Gasteiger partial charge is 0.396 e. The summed E-state index contributed by atoms with van der Waals surface area (Å²) in [6, 6.07) is 0.0240. The molecule has 2 unspecified atom stereocenters. The van der Waals surface area contributed by atoms with Crippen molar-refractivity contribution in [1.29, 1.82) is 0 Å². The average Bonchev–Trinajstić information content (AvgIpc) is 2.16. The molecule has 0 aliphatic carbocycles. The van der Waals surface area contributed by atoms with Gasteiger partial charge in [0.2, 0.25) is 5.91 Å². The minimum Gasteiger partial charge on any atom is -0.396 e. The predicted molar refractivity (Wildman–Crippen MR) is 57.0 cm³/mol. The summed E-state index contributed by atoms with van der Waals surface area (Å²) in [5.41, 5.74) is 0. The first-order chi connectivity index (χ1) is 6.61. The van der Waals surface area contributed by atoms with Crippen LogP contribution in [-0.2, 0) is 4.79 Å². The summed E-state index contributed by atoms with van der Waals surface area (Å²) in [6.07, 6.45) is 1.02. The number of rotatable bonds is 7. The number of amides is 1. The number of hydrogen-bond donors (Lipinski definition) is 3. The van der Waals surface area contributed by atoms with Crippen LogP contribution in [0, 0.1) is 5.92 Å². The fourth-order valence-corrected chi connectivity index (χ4v) is 0.984. The summed E-state index contributed by atoms with van der Waals surface area (Å²) in [5.74, 6) is 0.0939. The molecule has 0 aromatic carbocycles. The zero-order chi connectivity index (χ0) is 11.0. The van der Waals surface area contributed by atoms with Crippen molar-refractivity contribution >= 4 is 5.91 Å². The SMILES string of the molecule is CCCNCC(=O)NC(C)C(C)CO. The van der Waals surface area contributed by atoms with E-state index in [1.165, 1.54) is 0 Å². The van der Waals surface area contributed by atoms with Gasteiger partial charge in [-0.2, -0.15) is 0 Å². The van der Waals surface area contributed by atoms with Crippen molar-refractivity contribution in [3.8, 4) is 0 Å². The lowest BCUT2D eigenvalue weighted by Crippen LogP contribution is -2.42. The topological polar surface area (TPSA) is 61.4 Å². The van der Waals surface area contributed by atoms with Crippen LogP contribution in [0.25, 0.3) is 0 Å². The lowest BCUT2D eigenvalue weighted by atomic mass is 10.1. The van der Waals surface area contributed by atoms with E-state index in [2.05, 4.69) is 17.6 Å². The normalized spacial score (nSPS) is 14.9. The molecule has 0 fully saturated rings. The molecule has 0 heterocycles. The fourth-order valence-electron chi connectivity index (χ4n) is 0.984. The Morgan fingerprint density at radius 3 is 2.57 bits per heavy atom. The van der Waals surface area contributed by atoms with Gasteiger partial charge in [0.25, 0.3) is 0 Å². The highest BCUT2D eigenvalue weighted by atomic mass is 16.3.